The van der Waals surface area contributed by atoms with Gasteiger partial charge in [-0.3, -0.25) is 4.79 Å². The van der Waals surface area contributed by atoms with E-state index in [1.54, 1.807) is 66.7 Å². The normalized spacial score (nSPS) is 12.2. The molecule has 0 N–H and O–H groups in total. The van der Waals surface area contributed by atoms with Crippen molar-refractivity contribution in [1.82, 2.24) is 0 Å². The number of aryl methyl sites for hydroxylation is 1. The third kappa shape index (κ3) is 8.29. The molecule has 0 heterocycles. The van der Waals surface area contributed by atoms with Crippen LogP contribution in [0.3, 0.4) is 0 Å². The van der Waals surface area contributed by atoms with Gasteiger partial charge in [0.15, 0.2) is 0 Å². The Morgan fingerprint density at radius 1 is 0.683 bits per heavy atom. The van der Waals surface area contributed by atoms with Gasteiger partial charge in [-0.25, -0.2) is 0 Å². The number of ether oxygens (including phenoxy) is 1. The van der Waals surface area contributed by atoms with Gasteiger partial charge < -0.3 is 13.1 Å². The van der Waals surface area contributed by atoms with Crippen LogP contribution in [0.5, 0.6) is 11.5 Å². The molecule has 8 nitrogen and oxygen atoms in total. The summed E-state index contributed by atoms with van der Waals surface area (Å²) in [7, 11) is -7.92. The van der Waals surface area contributed by atoms with Gasteiger partial charge in [-0.15, -0.1) is 6.58 Å². The summed E-state index contributed by atoms with van der Waals surface area (Å²) in [5.74, 6) is -0.142. The van der Waals surface area contributed by atoms with Crippen LogP contribution in [-0.4, -0.2) is 22.8 Å². The molecule has 0 saturated heterocycles. The standard InChI is InChI=1S/C31H28O8S2/c1-2-9-30(25-17-21-27(22-18-25)39-41(35,36)29-12-7-4-8-13-29)37-31(32)23-16-24-14-19-26(20-15-24)38-40(33,34)28-10-5-3-6-11-28/h2-8,10-15,17-22,30H,1,9,16,23H2/t30-/m0/s1. The predicted octanol–water partition coefficient (Wildman–Crippen LogP) is 6.02. The monoisotopic (exact) mass is 592 g/mol. The molecule has 1 atom stereocenters. The molecule has 41 heavy (non-hydrogen) atoms. The van der Waals surface area contributed by atoms with Gasteiger partial charge in [-0.1, -0.05) is 66.7 Å². The first-order chi connectivity index (χ1) is 19.7. The first-order valence-electron chi connectivity index (χ1n) is 12.6. The highest BCUT2D eigenvalue weighted by atomic mass is 32.2. The van der Waals surface area contributed by atoms with E-state index in [-0.39, 0.29) is 27.7 Å². The summed E-state index contributed by atoms with van der Waals surface area (Å²) in [6, 6.07) is 28.4. The van der Waals surface area contributed by atoms with Gasteiger partial charge >= 0.3 is 26.2 Å². The zero-order valence-corrected chi connectivity index (χ0v) is 23.6. The second kappa shape index (κ2) is 13.3. The fourth-order valence-electron chi connectivity index (χ4n) is 3.84. The summed E-state index contributed by atoms with van der Waals surface area (Å²) in [6.07, 6.45) is 1.83. The van der Waals surface area contributed by atoms with Crippen molar-refractivity contribution in [1.29, 1.82) is 0 Å². The average molecular weight is 593 g/mol. The lowest BCUT2D eigenvalue weighted by Gasteiger charge is -2.17. The van der Waals surface area contributed by atoms with Crippen molar-refractivity contribution in [2.45, 2.75) is 35.2 Å². The molecule has 0 aliphatic rings. The van der Waals surface area contributed by atoms with Crippen molar-refractivity contribution in [3.63, 3.8) is 0 Å². The quantitative estimate of drug-likeness (QED) is 0.105. The van der Waals surface area contributed by atoms with E-state index in [1.807, 2.05) is 0 Å². The lowest BCUT2D eigenvalue weighted by atomic mass is 10.1. The minimum atomic E-state index is -3.97. The molecule has 212 valence electrons. The van der Waals surface area contributed by atoms with Gasteiger partial charge in [-0.05, 0) is 66.1 Å². The van der Waals surface area contributed by atoms with Crippen molar-refractivity contribution in [3.8, 4) is 11.5 Å². The Labute approximate surface area is 240 Å². The minimum absolute atomic E-state index is 0.0434. The zero-order valence-electron chi connectivity index (χ0n) is 22.0. The molecule has 0 amide bonds. The number of rotatable bonds is 13. The predicted molar refractivity (Wildman–Crippen MR) is 153 cm³/mol. The smallest absolute Gasteiger partial charge is 0.339 e. The van der Waals surface area contributed by atoms with Crippen LogP contribution in [0.2, 0.25) is 0 Å². The van der Waals surface area contributed by atoms with E-state index in [0.717, 1.165) is 5.56 Å². The van der Waals surface area contributed by atoms with Crippen LogP contribution < -0.4 is 8.37 Å². The SMILES string of the molecule is C=CC[C@H](OC(=O)CCc1ccc(OS(=O)(=O)c2ccccc2)cc1)c1ccc(OS(=O)(=O)c2ccccc2)cc1. The fraction of sp³-hybridized carbons (Fsp3) is 0.129. The Hall–Kier alpha value is -4.41. The largest absolute Gasteiger partial charge is 0.457 e. The van der Waals surface area contributed by atoms with Gasteiger partial charge in [0.1, 0.15) is 27.4 Å². The summed E-state index contributed by atoms with van der Waals surface area (Å²) in [5, 5.41) is 0. The maximum absolute atomic E-state index is 12.6. The highest BCUT2D eigenvalue weighted by molar-refractivity contribution is 7.87. The molecule has 0 aromatic heterocycles. The average Bonchev–Trinajstić information content (AvgIpc) is 2.97. The summed E-state index contributed by atoms with van der Waals surface area (Å²) >= 11 is 0. The van der Waals surface area contributed by atoms with Gasteiger partial charge in [0.25, 0.3) is 0 Å². The molecule has 0 unspecified atom stereocenters. The molecule has 0 aliphatic carbocycles. The molecule has 0 spiro atoms. The number of carbonyl (C=O) groups excluding carboxylic acids is 1. The zero-order chi connectivity index (χ0) is 29.3. The number of carbonyl (C=O) groups is 1. The lowest BCUT2D eigenvalue weighted by Crippen LogP contribution is -2.12. The summed E-state index contributed by atoms with van der Waals surface area (Å²) in [5.41, 5.74) is 1.46. The fourth-order valence-corrected chi connectivity index (χ4v) is 5.74. The molecule has 0 bridgehead atoms. The van der Waals surface area contributed by atoms with E-state index in [4.69, 9.17) is 13.1 Å². The van der Waals surface area contributed by atoms with Crippen molar-refractivity contribution in [3.05, 3.63) is 133 Å². The Kier molecular flexibility index (Phi) is 9.59. The third-order valence-electron chi connectivity index (χ3n) is 5.92. The van der Waals surface area contributed by atoms with E-state index in [9.17, 15) is 21.6 Å². The first-order valence-corrected chi connectivity index (χ1v) is 15.5. The molecular formula is C31H28O8S2. The molecular weight excluding hydrogens is 564 g/mol. The Morgan fingerprint density at radius 2 is 1.15 bits per heavy atom. The van der Waals surface area contributed by atoms with E-state index >= 15 is 0 Å². The van der Waals surface area contributed by atoms with Crippen LogP contribution >= 0.6 is 0 Å². The van der Waals surface area contributed by atoms with Crippen molar-refractivity contribution in [2.24, 2.45) is 0 Å². The number of benzene rings is 4. The van der Waals surface area contributed by atoms with E-state index in [1.165, 1.54) is 48.5 Å². The lowest BCUT2D eigenvalue weighted by molar-refractivity contribution is -0.149. The minimum Gasteiger partial charge on any atom is -0.457 e. The highest BCUT2D eigenvalue weighted by Gasteiger charge is 2.19. The highest BCUT2D eigenvalue weighted by Crippen LogP contribution is 2.27. The maximum Gasteiger partial charge on any atom is 0.339 e. The van der Waals surface area contributed by atoms with Gasteiger partial charge in [0.2, 0.25) is 0 Å². The van der Waals surface area contributed by atoms with Crippen LogP contribution in [0.4, 0.5) is 0 Å². The maximum atomic E-state index is 12.6. The Morgan fingerprint density at radius 3 is 1.61 bits per heavy atom. The Balaban J connectivity index is 1.32. The topological polar surface area (TPSA) is 113 Å². The Bertz CT molecular complexity index is 1670. The molecule has 4 aromatic rings. The van der Waals surface area contributed by atoms with Crippen LogP contribution in [0.1, 0.15) is 30.1 Å². The van der Waals surface area contributed by atoms with Gasteiger partial charge in [-0.2, -0.15) is 16.8 Å². The summed E-state index contributed by atoms with van der Waals surface area (Å²) < 4.78 is 65.8. The van der Waals surface area contributed by atoms with Gasteiger partial charge in [0, 0.05) is 12.8 Å². The van der Waals surface area contributed by atoms with Crippen molar-refractivity contribution >= 4 is 26.2 Å². The summed E-state index contributed by atoms with van der Waals surface area (Å²) in [4.78, 5) is 12.7. The summed E-state index contributed by atoms with van der Waals surface area (Å²) in [6.45, 7) is 3.73. The second-order valence-electron chi connectivity index (χ2n) is 8.92. The number of hydrogen-bond donors (Lipinski definition) is 0. The third-order valence-corrected chi connectivity index (χ3v) is 8.45. The molecule has 4 rings (SSSR count). The van der Waals surface area contributed by atoms with Crippen LogP contribution in [-0.2, 0) is 36.2 Å². The molecule has 0 saturated carbocycles. The van der Waals surface area contributed by atoms with E-state index in [2.05, 4.69) is 6.58 Å². The van der Waals surface area contributed by atoms with E-state index < -0.39 is 32.3 Å². The van der Waals surface area contributed by atoms with Gasteiger partial charge in [0.05, 0.1) is 0 Å². The number of hydrogen-bond acceptors (Lipinski definition) is 8. The molecule has 4 aromatic carbocycles. The molecule has 0 radical (unpaired) electrons. The van der Waals surface area contributed by atoms with E-state index in [0.29, 0.717) is 18.4 Å². The molecule has 0 fully saturated rings. The second-order valence-corrected chi connectivity index (χ2v) is 12.0. The molecule has 10 heteroatoms. The van der Waals surface area contributed by atoms with Crippen molar-refractivity contribution < 1.29 is 34.7 Å². The van der Waals surface area contributed by atoms with Crippen LogP contribution in [0.15, 0.2) is 132 Å². The molecule has 0 aliphatic heterocycles. The van der Waals surface area contributed by atoms with Crippen LogP contribution in [0, 0.1) is 0 Å². The first kappa shape index (κ1) is 29.6. The van der Waals surface area contributed by atoms with Crippen molar-refractivity contribution in [2.75, 3.05) is 0 Å². The van der Waals surface area contributed by atoms with Crippen LogP contribution in [0.25, 0.3) is 0 Å². The number of esters is 1.